The van der Waals surface area contributed by atoms with Crippen LogP contribution < -0.4 is 10.2 Å². The number of aryl methyl sites for hydroxylation is 1. The van der Waals surface area contributed by atoms with E-state index < -0.39 is 10.9 Å². The summed E-state index contributed by atoms with van der Waals surface area (Å²) in [5, 5.41) is 16.7. The number of anilines is 2. The summed E-state index contributed by atoms with van der Waals surface area (Å²) in [6.07, 6.45) is 0. The molecule has 10 nitrogen and oxygen atoms in total. The molecule has 2 aromatic heterocycles. The number of hydrogen-bond donors (Lipinski definition) is 1. The van der Waals surface area contributed by atoms with E-state index in [1.165, 1.54) is 17.4 Å². The molecule has 0 bridgehead atoms. The van der Waals surface area contributed by atoms with Crippen LogP contribution in [0.25, 0.3) is 11.3 Å². The number of rotatable bonds is 8. The van der Waals surface area contributed by atoms with E-state index in [-0.39, 0.29) is 30.3 Å². The Hall–Kier alpha value is -3.41. The number of carbonyl (C=O) groups excluding carboxylic acids is 2. The number of amides is 1. The fourth-order valence-corrected chi connectivity index (χ4v) is 5.16. The van der Waals surface area contributed by atoms with Crippen molar-refractivity contribution in [1.29, 1.82) is 0 Å². The number of nitro groups is 1. The molecule has 1 N–H and O–H groups in total. The second-order valence-electron chi connectivity index (χ2n) is 8.19. The maximum Gasteiger partial charge on any atom is 0.341 e. The van der Waals surface area contributed by atoms with E-state index in [4.69, 9.17) is 20.8 Å². The average molecular weight is 533 g/mol. The van der Waals surface area contributed by atoms with Gasteiger partial charge in [-0.15, -0.1) is 11.3 Å². The number of esters is 1. The Labute approximate surface area is 216 Å². The first kappa shape index (κ1) is 25.7. The lowest BCUT2D eigenvalue weighted by atomic mass is 10.1. The largest absolute Gasteiger partial charge is 0.462 e. The Morgan fingerprint density at radius 3 is 2.61 bits per heavy atom. The van der Waals surface area contributed by atoms with Crippen molar-refractivity contribution in [2.45, 2.75) is 13.8 Å². The molecule has 1 aromatic carbocycles. The zero-order chi connectivity index (χ0) is 25.8. The van der Waals surface area contributed by atoms with Gasteiger partial charge in [0.25, 0.3) is 5.69 Å². The first-order chi connectivity index (χ1) is 17.3. The van der Waals surface area contributed by atoms with E-state index >= 15 is 0 Å². The van der Waals surface area contributed by atoms with Gasteiger partial charge in [0.2, 0.25) is 5.91 Å². The minimum Gasteiger partial charge on any atom is -0.462 e. The summed E-state index contributed by atoms with van der Waals surface area (Å²) in [4.78, 5) is 40.4. The van der Waals surface area contributed by atoms with E-state index in [0.29, 0.717) is 59.0 Å². The number of nitrogens with one attached hydrogen (secondary N) is 1. The number of nitrogens with zero attached hydrogens (tertiary/aromatic N) is 3. The van der Waals surface area contributed by atoms with Gasteiger partial charge in [-0.2, -0.15) is 0 Å². The quantitative estimate of drug-likeness (QED) is 0.249. The molecule has 190 valence electrons. The number of thiophene rings is 1. The Morgan fingerprint density at radius 2 is 1.97 bits per heavy atom. The number of piperazine rings is 1. The zero-order valence-electron chi connectivity index (χ0n) is 19.8. The van der Waals surface area contributed by atoms with Gasteiger partial charge in [0.05, 0.1) is 18.1 Å². The van der Waals surface area contributed by atoms with Crippen molar-refractivity contribution in [3.63, 3.8) is 0 Å². The van der Waals surface area contributed by atoms with Crippen LogP contribution in [0.4, 0.5) is 16.4 Å². The van der Waals surface area contributed by atoms with Crippen LogP contribution in [0.5, 0.6) is 0 Å². The van der Waals surface area contributed by atoms with Crippen LogP contribution in [0.15, 0.2) is 40.1 Å². The molecule has 1 fully saturated rings. The molecule has 1 amide bonds. The lowest BCUT2D eigenvalue weighted by molar-refractivity contribution is -0.384. The van der Waals surface area contributed by atoms with E-state index in [0.717, 1.165) is 0 Å². The van der Waals surface area contributed by atoms with Crippen molar-refractivity contribution >= 4 is 51.2 Å². The molecule has 3 heterocycles. The fraction of sp³-hybridized carbons (Fsp3) is 0.333. The Bertz CT molecular complexity index is 1280. The topological polar surface area (TPSA) is 118 Å². The molecule has 1 aliphatic heterocycles. The number of carbonyl (C=O) groups is 2. The van der Waals surface area contributed by atoms with Crippen LogP contribution in [0.1, 0.15) is 23.0 Å². The molecule has 0 unspecified atom stereocenters. The number of ether oxygens (including phenoxy) is 1. The zero-order valence-corrected chi connectivity index (χ0v) is 21.4. The molecular formula is C24H25ClN4O6S. The third kappa shape index (κ3) is 5.69. The SMILES string of the molecule is CCOC(=O)c1c(-c2ccc(C)o2)csc1NC(=O)CN1CCN(c2ccc(Cl)cc2[N+](=O)[O-])CC1. The van der Waals surface area contributed by atoms with Gasteiger partial charge < -0.3 is 19.4 Å². The number of benzene rings is 1. The molecule has 1 aliphatic rings. The van der Waals surface area contributed by atoms with Crippen LogP contribution in [-0.4, -0.2) is 61.0 Å². The molecule has 12 heteroatoms. The van der Waals surface area contributed by atoms with Gasteiger partial charge in [0.1, 0.15) is 27.8 Å². The van der Waals surface area contributed by atoms with Crippen LogP contribution >= 0.6 is 22.9 Å². The predicted molar refractivity (Wildman–Crippen MR) is 138 cm³/mol. The highest BCUT2D eigenvalue weighted by atomic mass is 35.5. The van der Waals surface area contributed by atoms with E-state index in [1.54, 1.807) is 36.6 Å². The molecule has 0 aliphatic carbocycles. The summed E-state index contributed by atoms with van der Waals surface area (Å²) < 4.78 is 10.9. The molecule has 4 rings (SSSR count). The van der Waals surface area contributed by atoms with E-state index in [1.807, 2.05) is 16.7 Å². The highest BCUT2D eigenvalue weighted by molar-refractivity contribution is 7.15. The summed E-state index contributed by atoms with van der Waals surface area (Å²) in [6.45, 7) is 5.97. The van der Waals surface area contributed by atoms with Crippen molar-refractivity contribution in [2.75, 3.05) is 49.5 Å². The van der Waals surface area contributed by atoms with Crippen molar-refractivity contribution in [1.82, 2.24) is 4.90 Å². The summed E-state index contributed by atoms with van der Waals surface area (Å²) in [5.41, 5.74) is 1.30. The maximum atomic E-state index is 12.9. The third-order valence-electron chi connectivity index (χ3n) is 5.74. The highest BCUT2D eigenvalue weighted by Crippen LogP contribution is 2.37. The summed E-state index contributed by atoms with van der Waals surface area (Å²) >= 11 is 7.16. The molecule has 0 atom stereocenters. The fourth-order valence-electron chi connectivity index (χ4n) is 4.04. The van der Waals surface area contributed by atoms with Gasteiger partial charge >= 0.3 is 5.97 Å². The number of halogens is 1. The van der Waals surface area contributed by atoms with Crippen molar-refractivity contribution in [2.24, 2.45) is 0 Å². The lowest BCUT2D eigenvalue weighted by Crippen LogP contribution is -2.48. The maximum absolute atomic E-state index is 12.9. The molecule has 0 spiro atoms. The molecule has 0 saturated carbocycles. The molecule has 1 saturated heterocycles. The van der Waals surface area contributed by atoms with Gasteiger partial charge in [-0.05, 0) is 38.1 Å². The van der Waals surface area contributed by atoms with Gasteiger partial charge in [0, 0.05) is 48.2 Å². The first-order valence-electron chi connectivity index (χ1n) is 11.3. The van der Waals surface area contributed by atoms with Gasteiger partial charge in [-0.25, -0.2) is 4.79 Å². The van der Waals surface area contributed by atoms with Crippen LogP contribution in [0, 0.1) is 17.0 Å². The Morgan fingerprint density at radius 1 is 1.22 bits per heavy atom. The Kier molecular flexibility index (Phi) is 7.92. The molecular weight excluding hydrogens is 508 g/mol. The number of nitro benzene ring substituents is 1. The van der Waals surface area contributed by atoms with Crippen LogP contribution in [-0.2, 0) is 9.53 Å². The van der Waals surface area contributed by atoms with Gasteiger partial charge in [-0.3, -0.25) is 19.8 Å². The molecule has 0 radical (unpaired) electrons. The van der Waals surface area contributed by atoms with Crippen molar-refractivity contribution in [3.8, 4) is 11.3 Å². The van der Waals surface area contributed by atoms with E-state index in [9.17, 15) is 19.7 Å². The second-order valence-corrected chi connectivity index (χ2v) is 9.50. The lowest BCUT2D eigenvalue weighted by Gasteiger charge is -2.35. The highest BCUT2D eigenvalue weighted by Gasteiger charge is 2.27. The van der Waals surface area contributed by atoms with Crippen LogP contribution in [0.2, 0.25) is 5.02 Å². The predicted octanol–water partition coefficient (Wildman–Crippen LogP) is 4.82. The van der Waals surface area contributed by atoms with Crippen molar-refractivity contribution in [3.05, 3.63) is 62.2 Å². The molecule has 36 heavy (non-hydrogen) atoms. The molecule has 3 aromatic rings. The smallest absolute Gasteiger partial charge is 0.341 e. The van der Waals surface area contributed by atoms with Crippen LogP contribution in [0.3, 0.4) is 0 Å². The summed E-state index contributed by atoms with van der Waals surface area (Å²) in [5.74, 6) is 0.436. The Balaban J connectivity index is 1.41. The minimum absolute atomic E-state index is 0.0413. The monoisotopic (exact) mass is 532 g/mol. The normalized spacial score (nSPS) is 14.0. The second kappa shape index (κ2) is 11.1. The van der Waals surface area contributed by atoms with E-state index in [2.05, 4.69) is 5.32 Å². The first-order valence-corrected chi connectivity index (χ1v) is 12.6. The third-order valence-corrected chi connectivity index (χ3v) is 6.87. The average Bonchev–Trinajstić information content (AvgIpc) is 3.45. The summed E-state index contributed by atoms with van der Waals surface area (Å²) in [7, 11) is 0. The van der Waals surface area contributed by atoms with Crippen molar-refractivity contribution < 1.29 is 23.7 Å². The number of furan rings is 1. The van der Waals surface area contributed by atoms with Gasteiger partial charge in [0.15, 0.2) is 0 Å². The number of hydrogen-bond acceptors (Lipinski definition) is 9. The van der Waals surface area contributed by atoms with Gasteiger partial charge in [-0.1, -0.05) is 11.6 Å². The standard InChI is InChI=1S/C24H25ClN4O6S/c1-3-34-24(31)22-17(20-7-4-15(2)35-20)14-36-23(22)26-21(30)13-27-8-10-28(11-9-27)18-6-5-16(25)12-19(18)29(32)33/h4-7,12,14H,3,8-11,13H2,1-2H3,(H,26,30). The summed E-state index contributed by atoms with van der Waals surface area (Å²) in [6, 6.07) is 8.20. The minimum atomic E-state index is -0.531.